The van der Waals surface area contributed by atoms with Crippen LogP contribution in [0.25, 0.3) is 5.76 Å². The van der Waals surface area contributed by atoms with E-state index in [4.69, 9.17) is 27.9 Å². The Labute approximate surface area is 166 Å². The smallest absolute Gasteiger partial charge is 0.295 e. The molecule has 0 spiro atoms. The minimum atomic E-state index is -0.737. The third-order valence-electron chi connectivity index (χ3n) is 4.38. The summed E-state index contributed by atoms with van der Waals surface area (Å²) in [6.07, 6.45) is 0. The molecular formula is C20H17Cl2NO4. The first-order valence-electron chi connectivity index (χ1n) is 8.22. The van der Waals surface area contributed by atoms with Crippen LogP contribution in [0.1, 0.15) is 17.2 Å². The quantitative estimate of drug-likeness (QED) is 0.462. The van der Waals surface area contributed by atoms with Crippen LogP contribution in [0.5, 0.6) is 0 Å². The maximum atomic E-state index is 12.7. The molecule has 0 radical (unpaired) electrons. The van der Waals surface area contributed by atoms with E-state index in [2.05, 4.69) is 0 Å². The van der Waals surface area contributed by atoms with E-state index in [1.165, 1.54) is 12.0 Å². The minimum absolute atomic E-state index is 0.0285. The Hall–Kier alpha value is -2.34. The first-order valence-corrected chi connectivity index (χ1v) is 8.98. The van der Waals surface area contributed by atoms with Crippen LogP contribution in [-0.2, 0) is 14.3 Å². The molecule has 2 aromatic carbocycles. The Morgan fingerprint density at radius 1 is 1.04 bits per heavy atom. The number of aliphatic hydroxyl groups excluding tert-OH is 1. The summed E-state index contributed by atoms with van der Waals surface area (Å²) in [5.41, 5.74) is 1.11. The summed E-state index contributed by atoms with van der Waals surface area (Å²) in [4.78, 5) is 26.7. The summed E-state index contributed by atoms with van der Waals surface area (Å²) in [5.74, 6) is -1.66. The monoisotopic (exact) mass is 405 g/mol. The van der Waals surface area contributed by atoms with Crippen LogP contribution in [-0.4, -0.2) is 42.0 Å². The summed E-state index contributed by atoms with van der Waals surface area (Å²) in [5, 5.41) is 11.8. The van der Waals surface area contributed by atoms with Crippen LogP contribution in [0.15, 0.2) is 54.1 Å². The number of ether oxygens (including phenoxy) is 1. The third kappa shape index (κ3) is 3.86. The molecule has 0 unspecified atom stereocenters. The number of rotatable bonds is 5. The number of Topliss-reactive ketones (excluding diaryl/α,β-unsaturated/α-hetero) is 1. The average molecular weight is 406 g/mol. The summed E-state index contributed by atoms with van der Waals surface area (Å²) < 4.78 is 5.06. The number of halogens is 2. The van der Waals surface area contributed by atoms with Gasteiger partial charge in [0.25, 0.3) is 11.7 Å². The number of aliphatic hydroxyl groups is 1. The molecule has 5 nitrogen and oxygen atoms in total. The summed E-state index contributed by atoms with van der Waals surface area (Å²) in [6, 6.07) is 12.5. The van der Waals surface area contributed by atoms with Crippen molar-refractivity contribution in [2.24, 2.45) is 0 Å². The highest BCUT2D eigenvalue weighted by molar-refractivity contribution is 6.46. The maximum Gasteiger partial charge on any atom is 0.295 e. The van der Waals surface area contributed by atoms with E-state index < -0.39 is 17.7 Å². The number of hydrogen-bond acceptors (Lipinski definition) is 4. The van der Waals surface area contributed by atoms with Gasteiger partial charge in [0.1, 0.15) is 5.76 Å². The molecule has 27 heavy (non-hydrogen) atoms. The van der Waals surface area contributed by atoms with E-state index in [1.54, 1.807) is 48.5 Å². The molecule has 1 amide bonds. The fourth-order valence-electron chi connectivity index (χ4n) is 3.06. The van der Waals surface area contributed by atoms with E-state index in [9.17, 15) is 14.7 Å². The van der Waals surface area contributed by atoms with Crippen molar-refractivity contribution in [3.8, 4) is 0 Å². The van der Waals surface area contributed by atoms with Crippen LogP contribution >= 0.6 is 23.2 Å². The van der Waals surface area contributed by atoms with Gasteiger partial charge in [0.05, 0.1) is 18.2 Å². The first-order chi connectivity index (χ1) is 12.9. The molecule has 140 valence electrons. The van der Waals surface area contributed by atoms with Gasteiger partial charge in [-0.15, -0.1) is 0 Å². The second-order valence-electron chi connectivity index (χ2n) is 6.04. The molecule has 1 saturated heterocycles. The molecule has 3 rings (SSSR count). The molecule has 1 heterocycles. The highest BCUT2D eigenvalue weighted by atomic mass is 35.5. The van der Waals surface area contributed by atoms with Crippen LogP contribution in [0.3, 0.4) is 0 Å². The Morgan fingerprint density at radius 3 is 2.15 bits per heavy atom. The lowest BCUT2D eigenvalue weighted by molar-refractivity contribution is -0.140. The molecule has 7 heteroatoms. The number of carbonyl (C=O) groups is 2. The topological polar surface area (TPSA) is 66.8 Å². The molecule has 1 atom stereocenters. The van der Waals surface area contributed by atoms with Gasteiger partial charge in [-0.1, -0.05) is 35.3 Å². The molecule has 0 bridgehead atoms. The van der Waals surface area contributed by atoms with E-state index in [-0.39, 0.29) is 24.5 Å². The van der Waals surface area contributed by atoms with Gasteiger partial charge in [-0.3, -0.25) is 9.59 Å². The molecule has 1 N–H and O–H groups in total. The Kier molecular flexibility index (Phi) is 5.85. The predicted molar refractivity (Wildman–Crippen MR) is 104 cm³/mol. The van der Waals surface area contributed by atoms with Crippen LogP contribution in [0.2, 0.25) is 10.0 Å². The average Bonchev–Trinajstić information content (AvgIpc) is 2.91. The van der Waals surface area contributed by atoms with Gasteiger partial charge in [0, 0.05) is 29.3 Å². The SMILES string of the molecule is COCCN1C(=O)C(=O)C(=C(O)c2ccc(Cl)cc2)[C@@H]1c1ccc(Cl)cc1. The Bertz CT molecular complexity index is 891. The van der Waals surface area contributed by atoms with Crippen molar-refractivity contribution in [2.75, 3.05) is 20.3 Å². The number of nitrogens with zero attached hydrogens (tertiary/aromatic N) is 1. The summed E-state index contributed by atoms with van der Waals surface area (Å²) in [7, 11) is 1.52. The zero-order valence-electron chi connectivity index (χ0n) is 14.5. The minimum Gasteiger partial charge on any atom is -0.507 e. The van der Waals surface area contributed by atoms with Crippen molar-refractivity contribution in [2.45, 2.75) is 6.04 Å². The summed E-state index contributed by atoms with van der Waals surface area (Å²) in [6.45, 7) is 0.476. The lowest BCUT2D eigenvalue weighted by atomic mass is 9.95. The zero-order chi connectivity index (χ0) is 19.6. The maximum absolute atomic E-state index is 12.7. The number of ketones is 1. The number of hydrogen-bond donors (Lipinski definition) is 1. The first kappa shape index (κ1) is 19.4. The van der Waals surface area contributed by atoms with Crippen LogP contribution < -0.4 is 0 Å². The fraction of sp³-hybridized carbons (Fsp3) is 0.200. The van der Waals surface area contributed by atoms with Crippen molar-refractivity contribution >= 4 is 40.7 Å². The lowest BCUT2D eigenvalue weighted by Gasteiger charge is -2.25. The van der Waals surface area contributed by atoms with Gasteiger partial charge in [0.15, 0.2) is 0 Å². The standard InChI is InChI=1S/C20H17Cl2NO4/c1-27-11-10-23-17(12-2-6-14(21)7-3-12)16(19(25)20(23)26)18(24)13-4-8-15(22)9-5-13/h2-9,17,24H,10-11H2,1H3/t17-/m0/s1. The number of benzene rings is 2. The van der Waals surface area contributed by atoms with Crippen LogP contribution in [0, 0.1) is 0 Å². The highest BCUT2D eigenvalue weighted by Crippen LogP contribution is 2.39. The second-order valence-corrected chi connectivity index (χ2v) is 6.92. The van der Waals surface area contributed by atoms with Crippen molar-refractivity contribution in [1.82, 2.24) is 4.90 Å². The molecule has 1 fully saturated rings. The van der Waals surface area contributed by atoms with E-state index in [1.807, 2.05) is 0 Å². The molecule has 0 saturated carbocycles. The van der Waals surface area contributed by atoms with Gasteiger partial charge in [0.2, 0.25) is 0 Å². The Balaban J connectivity index is 2.14. The zero-order valence-corrected chi connectivity index (χ0v) is 16.0. The van der Waals surface area contributed by atoms with Gasteiger partial charge < -0.3 is 14.7 Å². The third-order valence-corrected chi connectivity index (χ3v) is 4.88. The van der Waals surface area contributed by atoms with Crippen molar-refractivity contribution in [3.05, 3.63) is 75.3 Å². The van der Waals surface area contributed by atoms with E-state index in [0.717, 1.165) is 0 Å². The van der Waals surface area contributed by atoms with Crippen LogP contribution in [0.4, 0.5) is 0 Å². The molecule has 0 aliphatic carbocycles. The molecule has 1 aliphatic rings. The normalized spacial score (nSPS) is 18.9. The molecular weight excluding hydrogens is 389 g/mol. The number of likely N-dealkylation sites (tertiary alicyclic amines) is 1. The van der Waals surface area contributed by atoms with Crippen molar-refractivity contribution < 1.29 is 19.4 Å². The number of amides is 1. The van der Waals surface area contributed by atoms with E-state index in [0.29, 0.717) is 21.2 Å². The number of methoxy groups -OCH3 is 1. The molecule has 2 aromatic rings. The summed E-state index contributed by atoms with van der Waals surface area (Å²) >= 11 is 11.9. The highest BCUT2D eigenvalue weighted by Gasteiger charge is 2.45. The Morgan fingerprint density at radius 2 is 1.59 bits per heavy atom. The fourth-order valence-corrected chi connectivity index (χ4v) is 3.31. The van der Waals surface area contributed by atoms with Crippen molar-refractivity contribution in [3.63, 3.8) is 0 Å². The van der Waals surface area contributed by atoms with Gasteiger partial charge >= 0.3 is 0 Å². The lowest BCUT2D eigenvalue weighted by Crippen LogP contribution is -2.32. The van der Waals surface area contributed by atoms with Gasteiger partial charge in [-0.25, -0.2) is 0 Å². The molecule has 0 aromatic heterocycles. The second kappa shape index (κ2) is 8.13. The largest absolute Gasteiger partial charge is 0.507 e. The number of carbonyl (C=O) groups excluding carboxylic acids is 2. The molecule has 1 aliphatic heterocycles. The predicted octanol–water partition coefficient (Wildman–Crippen LogP) is 4.06. The van der Waals surface area contributed by atoms with E-state index >= 15 is 0 Å². The van der Waals surface area contributed by atoms with Gasteiger partial charge in [-0.05, 0) is 42.0 Å². The van der Waals surface area contributed by atoms with Gasteiger partial charge in [-0.2, -0.15) is 0 Å². The van der Waals surface area contributed by atoms with Crippen molar-refractivity contribution in [1.29, 1.82) is 0 Å².